The lowest BCUT2D eigenvalue weighted by Gasteiger charge is -2.21. The summed E-state index contributed by atoms with van der Waals surface area (Å²) in [6.07, 6.45) is 4.07. The van der Waals surface area contributed by atoms with Crippen LogP contribution in [0.1, 0.15) is 30.9 Å². The molecule has 0 bridgehead atoms. The third-order valence-electron chi connectivity index (χ3n) is 4.61. The van der Waals surface area contributed by atoms with Gasteiger partial charge < -0.3 is 5.73 Å². The van der Waals surface area contributed by atoms with Crippen LogP contribution in [0, 0.1) is 5.92 Å². The molecule has 1 saturated heterocycles. The molecule has 2 atom stereocenters. The molecule has 4 nitrogen and oxygen atoms in total. The van der Waals surface area contributed by atoms with Gasteiger partial charge in [-0.2, -0.15) is 4.31 Å². The Hall–Kier alpha value is -0.910. The summed E-state index contributed by atoms with van der Waals surface area (Å²) in [6, 6.07) is 5.67. The summed E-state index contributed by atoms with van der Waals surface area (Å²) in [5.41, 5.74) is 8.20. The summed E-state index contributed by atoms with van der Waals surface area (Å²) in [6.45, 7) is 3.08. The van der Waals surface area contributed by atoms with E-state index >= 15 is 0 Å². The fourth-order valence-electron chi connectivity index (χ4n) is 3.46. The molecule has 1 aliphatic carbocycles. The SMILES string of the molecule is CC1CC(CN)CN1S(=O)(=O)c1ccc2c(c1)CCC2. The summed E-state index contributed by atoms with van der Waals surface area (Å²) in [7, 11) is -3.37. The molecule has 1 aromatic rings. The van der Waals surface area contributed by atoms with Gasteiger partial charge >= 0.3 is 0 Å². The molecule has 1 heterocycles. The monoisotopic (exact) mass is 294 g/mol. The van der Waals surface area contributed by atoms with E-state index in [1.54, 1.807) is 10.4 Å². The average Bonchev–Trinajstić information content (AvgIpc) is 3.03. The van der Waals surface area contributed by atoms with Gasteiger partial charge in [-0.1, -0.05) is 6.07 Å². The Morgan fingerprint density at radius 1 is 1.30 bits per heavy atom. The Balaban J connectivity index is 1.92. The van der Waals surface area contributed by atoms with Crippen molar-refractivity contribution in [2.45, 2.75) is 43.5 Å². The summed E-state index contributed by atoms with van der Waals surface area (Å²) in [4.78, 5) is 0.447. The lowest BCUT2D eigenvalue weighted by atomic mass is 10.1. The van der Waals surface area contributed by atoms with Gasteiger partial charge in [0.25, 0.3) is 0 Å². The van der Waals surface area contributed by atoms with E-state index in [1.807, 2.05) is 19.1 Å². The van der Waals surface area contributed by atoms with E-state index in [1.165, 1.54) is 11.1 Å². The Morgan fingerprint density at radius 2 is 2.05 bits per heavy atom. The van der Waals surface area contributed by atoms with Gasteiger partial charge in [-0.25, -0.2) is 8.42 Å². The number of benzene rings is 1. The first-order valence-electron chi connectivity index (χ1n) is 7.36. The van der Waals surface area contributed by atoms with Crippen LogP contribution in [0.25, 0.3) is 0 Å². The number of aryl methyl sites for hydroxylation is 2. The van der Waals surface area contributed by atoms with Gasteiger partial charge in [0.1, 0.15) is 0 Å². The Bertz CT molecular complexity index is 612. The van der Waals surface area contributed by atoms with E-state index in [0.29, 0.717) is 18.0 Å². The summed E-state index contributed by atoms with van der Waals surface area (Å²) < 4.78 is 27.2. The maximum absolute atomic E-state index is 12.8. The van der Waals surface area contributed by atoms with E-state index < -0.39 is 10.0 Å². The van der Waals surface area contributed by atoms with Crippen molar-refractivity contribution in [3.8, 4) is 0 Å². The van der Waals surface area contributed by atoms with Crippen molar-refractivity contribution >= 4 is 10.0 Å². The highest BCUT2D eigenvalue weighted by molar-refractivity contribution is 7.89. The third kappa shape index (κ3) is 2.28. The molecule has 20 heavy (non-hydrogen) atoms. The smallest absolute Gasteiger partial charge is 0.243 e. The van der Waals surface area contributed by atoms with Gasteiger partial charge in [0.05, 0.1) is 4.90 Å². The molecule has 1 aliphatic heterocycles. The second kappa shape index (κ2) is 5.13. The molecule has 5 heteroatoms. The molecule has 0 radical (unpaired) electrons. The molecule has 1 aromatic carbocycles. The lowest BCUT2D eigenvalue weighted by molar-refractivity contribution is 0.404. The number of nitrogens with zero attached hydrogens (tertiary/aromatic N) is 1. The van der Waals surface area contributed by atoms with Crippen LogP contribution in [-0.2, 0) is 22.9 Å². The van der Waals surface area contributed by atoms with Crippen molar-refractivity contribution in [1.29, 1.82) is 0 Å². The number of nitrogens with two attached hydrogens (primary N) is 1. The molecule has 0 spiro atoms. The fraction of sp³-hybridized carbons (Fsp3) is 0.600. The third-order valence-corrected chi connectivity index (χ3v) is 6.59. The van der Waals surface area contributed by atoms with Gasteiger partial charge in [0, 0.05) is 12.6 Å². The predicted molar refractivity (Wildman–Crippen MR) is 79.0 cm³/mol. The second-order valence-corrected chi connectivity index (χ2v) is 7.94. The van der Waals surface area contributed by atoms with Crippen molar-refractivity contribution in [2.24, 2.45) is 11.7 Å². The maximum atomic E-state index is 12.8. The molecule has 0 aromatic heterocycles. The summed E-state index contributed by atoms with van der Waals surface area (Å²) in [5.74, 6) is 0.286. The molecule has 110 valence electrons. The average molecular weight is 294 g/mol. The molecule has 0 amide bonds. The summed E-state index contributed by atoms with van der Waals surface area (Å²) >= 11 is 0. The van der Waals surface area contributed by atoms with Crippen molar-refractivity contribution in [2.75, 3.05) is 13.1 Å². The lowest BCUT2D eigenvalue weighted by Crippen LogP contribution is -2.34. The largest absolute Gasteiger partial charge is 0.330 e. The normalized spacial score (nSPS) is 26.9. The van der Waals surface area contributed by atoms with Crippen molar-refractivity contribution < 1.29 is 8.42 Å². The highest BCUT2D eigenvalue weighted by Gasteiger charge is 2.37. The number of fused-ring (bicyclic) bond motifs is 1. The summed E-state index contributed by atoms with van der Waals surface area (Å²) in [5, 5.41) is 0. The number of rotatable bonds is 3. The molecule has 2 N–H and O–H groups in total. The van der Waals surface area contributed by atoms with Crippen LogP contribution in [0.4, 0.5) is 0 Å². The predicted octanol–water partition coefficient (Wildman–Crippen LogP) is 1.53. The van der Waals surface area contributed by atoms with Crippen molar-refractivity contribution in [1.82, 2.24) is 4.31 Å². The maximum Gasteiger partial charge on any atom is 0.243 e. The minimum Gasteiger partial charge on any atom is -0.330 e. The number of sulfonamides is 1. The number of hydrogen-bond acceptors (Lipinski definition) is 3. The Morgan fingerprint density at radius 3 is 2.75 bits per heavy atom. The van der Waals surface area contributed by atoms with Gasteiger partial charge in [0.2, 0.25) is 10.0 Å². The van der Waals surface area contributed by atoms with Crippen LogP contribution in [0.15, 0.2) is 23.1 Å². The van der Waals surface area contributed by atoms with Crippen LogP contribution < -0.4 is 5.73 Å². The van der Waals surface area contributed by atoms with E-state index in [9.17, 15) is 8.42 Å². The topological polar surface area (TPSA) is 63.4 Å². The highest BCUT2D eigenvalue weighted by Crippen LogP contribution is 2.31. The van der Waals surface area contributed by atoms with Gasteiger partial charge in [-0.05, 0) is 68.3 Å². The first-order chi connectivity index (χ1) is 9.52. The van der Waals surface area contributed by atoms with Gasteiger partial charge in [-0.3, -0.25) is 0 Å². The quantitative estimate of drug-likeness (QED) is 0.919. The minimum absolute atomic E-state index is 0.0433. The minimum atomic E-state index is -3.37. The van der Waals surface area contributed by atoms with Gasteiger partial charge in [-0.15, -0.1) is 0 Å². The standard InChI is InChI=1S/C15H22N2O2S/c1-11-7-12(9-16)10-17(11)20(18,19)15-6-5-13-3-2-4-14(13)8-15/h5-6,8,11-12H,2-4,7,9-10,16H2,1H3. The first-order valence-corrected chi connectivity index (χ1v) is 8.80. The number of hydrogen-bond donors (Lipinski definition) is 1. The van der Waals surface area contributed by atoms with Crippen LogP contribution >= 0.6 is 0 Å². The van der Waals surface area contributed by atoms with Crippen LogP contribution in [0.2, 0.25) is 0 Å². The van der Waals surface area contributed by atoms with Crippen LogP contribution in [0.5, 0.6) is 0 Å². The molecule has 3 rings (SSSR count). The van der Waals surface area contributed by atoms with Crippen LogP contribution in [-0.4, -0.2) is 31.9 Å². The zero-order valence-electron chi connectivity index (χ0n) is 11.9. The van der Waals surface area contributed by atoms with E-state index in [-0.39, 0.29) is 12.0 Å². The molecular weight excluding hydrogens is 272 g/mol. The zero-order chi connectivity index (χ0) is 14.3. The Labute approximate surface area is 121 Å². The second-order valence-electron chi connectivity index (χ2n) is 6.05. The first kappa shape index (κ1) is 14.0. The molecule has 2 unspecified atom stereocenters. The van der Waals surface area contributed by atoms with Crippen LogP contribution in [0.3, 0.4) is 0 Å². The zero-order valence-corrected chi connectivity index (χ0v) is 12.7. The van der Waals surface area contributed by atoms with E-state index in [2.05, 4.69) is 0 Å². The van der Waals surface area contributed by atoms with E-state index in [4.69, 9.17) is 5.73 Å². The molecule has 0 saturated carbocycles. The highest BCUT2D eigenvalue weighted by atomic mass is 32.2. The van der Waals surface area contributed by atoms with Crippen molar-refractivity contribution in [3.63, 3.8) is 0 Å². The Kier molecular flexibility index (Phi) is 3.60. The molecule has 1 fully saturated rings. The molecular formula is C15H22N2O2S. The fourth-order valence-corrected chi connectivity index (χ4v) is 5.23. The van der Waals surface area contributed by atoms with E-state index in [0.717, 1.165) is 25.7 Å². The van der Waals surface area contributed by atoms with Gasteiger partial charge in [0.15, 0.2) is 0 Å². The van der Waals surface area contributed by atoms with Crippen molar-refractivity contribution in [3.05, 3.63) is 29.3 Å². The molecule has 2 aliphatic rings.